The smallest absolute Gasteiger partial charge is 0.178 e. The molecule has 0 bridgehead atoms. The van der Waals surface area contributed by atoms with Gasteiger partial charge < -0.3 is 4.98 Å². The Hall–Kier alpha value is -2.23. The molecule has 19 heavy (non-hydrogen) atoms. The van der Waals surface area contributed by atoms with E-state index in [9.17, 15) is 4.39 Å². The van der Waals surface area contributed by atoms with Crippen LogP contribution < -0.4 is 0 Å². The third-order valence-corrected chi connectivity index (χ3v) is 2.70. The number of benzene rings is 1. The van der Waals surface area contributed by atoms with E-state index in [0.717, 1.165) is 22.5 Å². The fourth-order valence-corrected chi connectivity index (χ4v) is 1.87. The fourth-order valence-electron chi connectivity index (χ4n) is 1.87. The standard InChI is InChI=1S/C13H10FN3.C2H6/c1-8-7-9(14)4-5-10(8)12-16-11-3-2-6-15-13(11)17-12;1-2/h2-7H,1H3,(H,15,16,17);1-2H3. The average molecular weight is 257 g/mol. The summed E-state index contributed by atoms with van der Waals surface area (Å²) in [6, 6.07) is 8.42. The molecule has 3 aromatic rings. The average Bonchev–Trinajstić information content (AvgIpc) is 2.84. The van der Waals surface area contributed by atoms with Gasteiger partial charge in [-0.15, -0.1) is 0 Å². The van der Waals surface area contributed by atoms with Gasteiger partial charge in [-0.2, -0.15) is 0 Å². The summed E-state index contributed by atoms with van der Waals surface area (Å²) in [7, 11) is 0. The first-order valence-electron chi connectivity index (χ1n) is 6.31. The minimum Gasteiger partial charge on any atom is -0.337 e. The molecule has 3 nitrogen and oxygen atoms in total. The number of imidazole rings is 1. The summed E-state index contributed by atoms with van der Waals surface area (Å²) in [5, 5.41) is 0. The molecule has 0 fully saturated rings. The lowest BCUT2D eigenvalue weighted by Gasteiger charge is -2.01. The van der Waals surface area contributed by atoms with Crippen molar-refractivity contribution in [3.63, 3.8) is 0 Å². The molecule has 1 aromatic carbocycles. The molecular formula is C15H16FN3. The van der Waals surface area contributed by atoms with Crippen LogP contribution in [0.4, 0.5) is 4.39 Å². The largest absolute Gasteiger partial charge is 0.337 e. The van der Waals surface area contributed by atoms with Gasteiger partial charge in [-0.3, -0.25) is 0 Å². The number of nitrogens with one attached hydrogen (secondary N) is 1. The van der Waals surface area contributed by atoms with Gasteiger partial charge in [-0.25, -0.2) is 14.4 Å². The van der Waals surface area contributed by atoms with E-state index in [-0.39, 0.29) is 5.82 Å². The lowest BCUT2D eigenvalue weighted by Crippen LogP contribution is -1.86. The quantitative estimate of drug-likeness (QED) is 0.713. The van der Waals surface area contributed by atoms with E-state index < -0.39 is 0 Å². The van der Waals surface area contributed by atoms with Gasteiger partial charge in [-0.1, -0.05) is 13.8 Å². The zero-order valence-electron chi connectivity index (χ0n) is 11.2. The van der Waals surface area contributed by atoms with Crippen LogP contribution in [0.25, 0.3) is 22.6 Å². The number of aromatic nitrogens is 3. The Bertz CT molecular complexity index is 656. The van der Waals surface area contributed by atoms with E-state index in [1.165, 1.54) is 12.1 Å². The maximum Gasteiger partial charge on any atom is 0.178 e. The first kappa shape index (κ1) is 13.2. The van der Waals surface area contributed by atoms with Gasteiger partial charge in [0.15, 0.2) is 5.65 Å². The van der Waals surface area contributed by atoms with Crippen molar-refractivity contribution in [1.29, 1.82) is 0 Å². The van der Waals surface area contributed by atoms with Gasteiger partial charge in [0.1, 0.15) is 11.6 Å². The number of aryl methyl sites for hydroxylation is 1. The highest BCUT2D eigenvalue weighted by atomic mass is 19.1. The van der Waals surface area contributed by atoms with Crippen molar-refractivity contribution in [1.82, 2.24) is 15.0 Å². The van der Waals surface area contributed by atoms with Crippen molar-refractivity contribution < 1.29 is 4.39 Å². The van der Waals surface area contributed by atoms with Gasteiger partial charge in [0, 0.05) is 11.8 Å². The second-order valence-corrected chi connectivity index (χ2v) is 3.92. The van der Waals surface area contributed by atoms with Crippen LogP contribution in [0.5, 0.6) is 0 Å². The number of halogens is 1. The number of nitrogens with zero attached hydrogens (tertiary/aromatic N) is 2. The zero-order valence-corrected chi connectivity index (χ0v) is 11.2. The summed E-state index contributed by atoms with van der Waals surface area (Å²) >= 11 is 0. The van der Waals surface area contributed by atoms with Crippen molar-refractivity contribution in [3.8, 4) is 11.4 Å². The first-order chi connectivity index (χ1) is 9.24. The Morgan fingerprint density at radius 2 is 1.95 bits per heavy atom. The Morgan fingerprint density at radius 1 is 1.16 bits per heavy atom. The summed E-state index contributed by atoms with van der Waals surface area (Å²) in [4.78, 5) is 11.7. The van der Waals surface area contributed by atoms with E-state index >= 15 is 0 Å². The SMILES string of the molecule is CC.Cc1cc(F)ccc1-c1nc2ncccc2[nH]1. The number of H-pyrrole nitrogens is 1. The number of pyridine rings is 1. The maximum absolute atomic E-state index is 13.0. The highest BCUT2D eigenvalue weighted by Gasteiger charge is 2.08. The summed E-state index contributed by atoms with van der Waals surface area (Å²) < 4.78 is 13.0. The van der Waals surface area contributed by atoms with Crippen LogP contribution in [-0.2, 0) is 0 Å². The van der Waals surface area contributed by atoms with Crippen LogP contribution in [0, 0.1) is 12.7 Å². The highest BCUT2D eigenvalue weighted by Crippen LogP contribution is 2.23. The van der Waals surface area contributed by atoms with E-state index in [1.807, 2.05) is 32.9 Å². The Morgan fingerprint density at radius 3 is 2.63 bits per heavy atom. The van der Waals surface area contributed by atoms with Crippen LogP contribution in [0.2, 0.25) is 0 Å². The number of hydrogen-bond acceptors (Lipinski definition) is 2. The minimum atomic E-state index is -0.236. The third kappa shape index (κ3) is 2.62. The monoisotopic (exact) mass is 257 g/mol. The molecule has 0 aliphatic heterocycles. The van der Waals surface area contributed by atoms with Crippen molar-refractivity contribution >= 4 is 11.2 Å². The number of aromatic amines is 1. The zero-order chi connectivity index (χ0) is 13.8. The number of fused-ring (bicyclic) bond motifs is 1. The maximum atomic E-state index is 13.0. The molecule has 0 saturated heterocycles. The molecular weight excluding hydrogens is 241 g/mol. The lowest BCUT2D eigenvalue weighted by molar-refractivity contribution is 0.627. The van der Waals surface area contributed by atoms with Gasteiger partial charge in [0.2, 0.25) is 0 Å². The molecule has 2 aromatic heterocycles. The van der Waals surface area contributed by atoms with Gasteiger partial charge in [0.25, 0.3) is 0 Å². The second-order valence-electron chi connectivity index (χ2n) is 3.92. The third-order valence-electron chi connectivity index (χ3n) is 2.70. The minimum absolute atomic E-state index is 0.236. The summed E-state index contributed by atoms with van der Waals surface area (Å²) in [6.07, 6.45) is 1.70. The fraction of sp³-hybridized carbons (Fsp3) is 0.200. The molecule has 98 valence electrons. The van der Waals surface area contributed by atoms with Crippen LogP contribution >= 0.6 is 0 Å². The van der Waals surface area contributed by atoms with E-state index in [1.54, 1.807) is 12.3 Å². The van der Waals surface area contributed by atoms with Crippen LogP contribution in [0.1, 0.15) is 19.4 Å². The van der Waals surface area contributed by atoms with E-state index in [0.29, 0.717) is 5.65 Å². The molecule has 0 saturated carbocycles. The van der Waals surface area contributed by atoms with E-state index in [4.69, 9.17) is 0 Å². The molecule has 0 aliphatic carbocycles. The molecule has 0 aliphatic rings. The molecule has 0 unspecified atom stereocenters. The molecule has 2 heterocycles. The van der Waals surface area contributed by atoms with Crippen molar-refractivity contribution in [2.45, 2.75) is 20.8 Å². The Labute approximate surface area is 111 Å². The highest BCUT2D eigenvalue weighted by molar-refractivity contribution is 5.76. The summed E-state index contributed by atoms with van der Waals surface area (Å²) in [6.45, 7) is 5.86. The van der Waals surface area contributed by atoms with Crippen molar-refractivity contribution in [2.75, 3.05) is 0 Å². The topological polar surface area (TPSA) is 41.6 Å². The molecule has 0 radical (unpaired) electrons. The van der Waals surface area contributed by atoms with Crippen molar-refractivity contribution in [3.05, 3.63) is 47.9 Å². The van der Waals surface area contributed by atoms with Crippen LogP contribution in [0.3, 0.4) is 0 Å². The Kier molecular flexibility index (Phi) is 3.90. The lowest BCUT2D eigenvalue weighted by atomic mass is 10.1. The molecule has 1 N–H and O–H groups in total. The predicted molar refractivity (Wildman–Crippen MR) is 75.4 cm³/mol. The van der Waals surface area contributed by atoms with Gasteiger partial charge in [-0.05, 0) is 42.8 Å². The van der Waals surface area contributed by atoms with Crippen molar-refractivity contribution in [2.24, 2.45) is 0 Å². The number of rotatable bonds is 1. The molecule has 3 rings (SSSR count). The Balaban J connectivity index is 0.000000637. The van der Waals surface area contributed by atoms with Gasteiger partial charge >= 0.3 is 0 Å². The predicted octanol–water partition coefficient (Wildman–Crippen LogP) is 4.10. The van der Waals surface area contributed by atoms with Crippen LogP contribution in [0.15, 0.2) is 36.5 Å². The normalized spacial score (nSPS) is 10.1. The molecule has 0 atom stereocenters. The number of hydrogen-bond donors (Lipinski definition) is 1. The molecule has 4 heteroatoms. The summed E-state index contributed by atoms with van der Waals surface area (Å²) in [5.41, 5.74) is 3.30. The van der Waals surface area contributed by atoms with Crippen LogP contribution in [-0.4, -0.2) is 15.0 Å². The van der Waals surface area contributed by atoms with E-state index in [2.05, 4.69) is 15.0 Å². The first-order valence-corrected chi connectivity index (χ1v) is 6.31. The molecule has 0 amide bonds. The molecule has 0 spiro atoms. The summed E-state index contributed by atoms with van der Waals surface area (Å²) in [5.74, 6) is 0.483. The van der Waals surface area contributed by atoms with Gasteiger partial charge in [0.05, 0.1) is 5.52 Å². The second kappa shape index (κ2) is 5.61.